The Labute approximate surface area is 189 Å². The van der Waals surface area contributed by atoms with E-state index in [-0.39, 0.29) is 17.7 Å². The molecule has 0 saturated carbocycles. The van der Waals surface area contributed by atoms with Crippen molar-refractivity contribution in [2.45, 2.75) is 26.6 Å². The van der Waals surface area contributed by atoms with Gasteiger partial charge in [-0.25, -0.2) is 13.9 Å². The molecule has 1 atom stereocenters. The molecule has 0 aliphatic carbocycles. The Morgan fingerprint density at radius 3 is 2.82 bits per heavy atom. The average molecular weight is 447 g/mol. The number of hydrogen-bond donors (Lipinski definition) is 1. The van der Waals surface area contributed by atoms with Crippen LogP contribution in [0.25, 0.3) is 16.6 Å². The van der Waals surface area contributed by atoms with Gasteiger partial charge in [-0.2, -0.15) is 10.1 Å². The summed E-state index contributed by atoms with van der Waals surface area (Å²) < 4.78 is 34.1. The molecular weight excluding hydrogens is 425 g/mol. The Hall–Kier alpha value is -3.98. The van der Waals surface area contributed by atoms with Gasteiger partial charge in [-0.3, -0.25) is 0 Å². The molecule has 5 rings (SSSR count). The zero-order valence-electron chi connectivity index (χ0n) is 18.2. The number of fused-ring (bicyclic) bond motifs is 2. The quantitative estimate of drug-likeness (QED) is 0.367. The summed E-state index contributed by atoms with van der Waals surface area (Å²) >= 11 is 0. The van der Waals surface area contributed by atoms with Crippen LogP contribution in [0.4, 0.5) is 4.39 Å². The topological polar surface area (TPSA) is 86.6 Å². The zero-order valence-corrected chi connectivity index (χ0v) is 18.2. The molecule has 33 heavy (non-hydrogen) atoms. The van der Waals surface area contributed by atoms with Crippen molar-refractivity contribution in [2.24, 2.45) is 0 Å². The molecule has 4 aromatic heterocycles. The van der Waals surface area contributed by atoms with Gasteiger partial charge < -0.3 is 19.2 Å². The summed E-state index contributed by atoms with van der Waals surface area (Å²) in [5, 5.41) is 4.58. The number of halogens is 1. The van der Waals surface area contributed by atoms with E-state index in [4.69, 9.17) is 14.2 Å². The predicted molar refractivity (Wildman–Crippen MR) is 120 cm³/mol. The summed E-state index contributed by atoms with van der Waals surface area (Å²) in [6.07, 6.45) is 5.92. The molecule has 0 amide bonds. The summed E-state index contributed by atoms with van der Waals surface area (Å²) in [6, 6.07) is 11.6. The van der Waals surface area contributed by atoms with E-state index in [1.54, 1.807) is 23.0 Å². The summed E-state index contributed by atoms with van der Waals surface area (Å²) in [6.45, 7) is 4.70. The van der Waals surface area contributed by atoms with Crippen LogP contribution < -0.4 is 9.47 Å². The van der Waals surface area contributed by atoms with E-state index < -0.39 is 5.82 Å². The third-order valence-corrected chi connectivity index (χ3v) is 5.29. The van der Waals surface area contributed by atoms with Gasteiger partial charge in [0.2, 0.25) is 5.88 Å². The summed E-state index contributed by atoms with van der Waals surface area (Å²) in [5.41, 5.74) is 2.91. The minimum atomic E-state index is -0.511. The maximum Gasteiger partial charge on any atom is 0.247 e. The number of nitrogens with zero attached hydrogens (tertiary/aromatic N) is 4. The lowest BCUT2D eigenvalue weighted by atomic mass is 10.2. The Bertz CT molecular complexity index is 1400. The minimum absolute atomic E-state index is 0.0197. The molecule has 0 bridgehead atoms. The van der Waals surface area contributed by atoms with E-state index in [2.05, 4.69) is 20.1 Å². The number of aromatic amines is 1. The van der Waals surface area contributed by atoms with E-state index in [0.717, 1.165) is 11.1 Å². The highest BCUT2D eigenvalue weighted by Crippen LogP contribution is 2.33. The first-order valence-electron chi connectivity index (χ1n) is 10.5. The Balaban J connectivity index is 1.32. The standard InChI is InChI=1S/C24H22FN5O3/c1-15(31-13-17-6-4-3-5-7-17)12-32-20-11-30-22(16(20)2)24(28-14-29-30)33-19-10-27-23-18(21(19)25)8-9-26-23/h3-11,14-15H,12-13H2,1-2H3,(H,26,27). The van der Waals surface area contributed by atoms with Crippen molar-refractivity contribution in [3.63, 3.8) is 0 Å². The number of aryl methyl sites for hydroxylation is 1. The number of hydrogen-bond acceptors (Lipinski definition) is 6. The van der Waals surface area contributed by atoms with Crippen LogP contribution in [0.5, 0.6) is 17.4 Å². The van der Waals surface area contributed by atoms with Gasteiger partial charge in [0.25, 0.3) is 0 Å². The highest BCUT2D eigenvalue weighted by molar-refractivity contribution is 5.78. The molecule has 0 radical (unpaired) electrons. The molecule has 0 saturated heterocycles. The first-order valence-corrected chi connectivity index (χ1v) is 10.5. The number of nitrogens with one attached hydrogen (secondary N) is 1. The van der Waals surface area contributed by atoms with Crippen LogP contribution >= 0.6 is 0 Å². The number of rotatable bonds is 8. The summed E-state index contributed by atoms with van der Waals surface area (Å²) in [5.74, 6) is 0.299. The fraction of sp³-hybridized carbons (Fsp3) is 0.208. The van der Waals surface area contributed by atoms with Gasteiger partial charge in [-0.05, 0) is 25.5 Å². The number of aromatic nitrogens is 5. The first-order chi connectivity index (χ1) is 16.1. The van der Waals surface area contributed by atoms with Gasteiger partial charge in [0, 0.05) is 11.8 Å². The van der Waals surface area contributed by atoms with Gasteiger partial charge >= 0.3 is 0 Å². The van der Waals surface area contributed by atoms with Crippen molar-refractivity contribution in [2.75, 3.05) is 6.61 Å². The Morgan fingerprint density at radius 2 is 1.97 bits per heavy atom. The minimum Gasteiger partial charge on any atom is -0.489 e. The summed E-state index contributed by atoms with van der Waals surface area (Å²) in [4.78, 5) is 11.3. The Kier molecular flexibility index (Phi) is 5.62. The number of ether oxygens (including phenoxy) is 3. The lowest BCUT2D eigenvalue weighted by Gasteiger charge is -2.14. The van der Waals surface area contributed by atoms with Crippen LogP contribution in [0.2, 0.25) is 0 Å². The molecule has 168 valence electrons. The van der Waals surface area contributed by atoms with Gasteiger partial charge in [-0.15, -0.1) is 0 Å². The van der Waals surface area contributed by atoms with Gasteiger partial charge in [0.15, 0.2) is 11.6 Å². The van der Waals surface area contributed by atoms with E-state index in [0.29, 0.717) is 35.5 Å². The van der Waals surface area contributed by atoms with Gasteiger partial charge in [0.05, 0.1) is 30.5 Å². The van der Waals surface area contributed by atoms with E-state index in [1.165, 1.54) is 12.5 Å². The highest BCUT2D eigenvalue weighted by Gasteiger charge is 2.19. The second-order valence-electron chi connectivity index (χ2n) is 7.67. The second kappa shape index (κ2) is 8.87. The third kappa shape index (κ3) is 4.22. The SMILES string of the molecule is Cc1c(OCC(C)OCc2ccccc2)cn2ncnc(Oc3cnc4[nH]ccc4c3F)c12. The molecule has 0 spiro atoms. The maximum absolute atomic E-state index is 14.8. The summed E-state index contributed by atoms with van der Waals surface area (Å²) in [7, 11) is 0. The normalized spacial score (nSPS) is 12.3. The molecule has 9 heteroatoms. The number of pyridine rings is 1. The third-order valence-electron chi connectivity index (χ3n) is 5.29. The monoisotopic (exact) mass is 447 g/mol. The number of H-pyrrole nitrogens is 1. The molecule has 8 nitrogen and oxygen atoms in total. The van der Waals surface area contributed by atoms with E-state index >= 15 is 0 Å². The fourth-order valence-electron chi connectivity index (χ4n) is 3.53. The van der Waals surface area contributed by atoms with Gasteiger partial charge in [-0.1, -0.05) is 30.3 Å². The van der Waals surface area contributed by atoms with Crippen molar-refractivity contribution in [3.05, 3.63) is 78.3 Å². The molecular formula is C24H22FN5O3. The molecule has 1 N–H and O–H groups in total. The molecule has 1 aromatic carbocycles. The molecule has 0 aliphatic heterocycles. The van der Waals surface area contributed by atoms with Crippen LogP contribution in [-0.4, -0.2) is 37.3 Å². The lowest BCUT2D eigenvalue weighted by molar-refractivity contribution is 0.0213. The van der Waals surface area contributed by atoms with Crippen molar-refractivity contribution < 1.29 is 18.6 Å². The zero-order chi connectivity index (χ0) is 22.8. The predicted octanol–water partition coefficient (Wildman–Crippen LogP) is 4.83. The largest absolute Gasteiger partial charge is 0.489 e. The average Bonchev–Trinajstić information content (AvgIpc) is 3.44. The molecule has 0 fully saturated rings. The molecule has 0 aliphatic rings. The van der Waals surface area contributed by atoms with Crippen LogP contribution in [-0.2, 0) is 11.3 Å². The van der Waals surface area contributed by atoms with Crippen molar-refractivity contribution in [1.29, 1.82) is 0 Å². The van der Waals surface area contributed by atoms with E-state index in [1.807, 2.05) is 44.2 Å². The smallest absolute Gasteiger partial charge is 0.247 e. The van der Waals surface area contributed by atoms with Crippen molar-refractivity contribution in [1.82, 2.24) is 24.6 Å². The van der Waals surface area contributed by atoms with Crippen LogP contribution in [0.1, 0.15) is 18.1 Å². The number of benzene rings is 1. The molecule has 4 heterocycles. The lowest BCUT2D eigenvalue weighted by Crippen LogP contribution is -2.18. The van der Waals surface area contributed by atoms with Crippen LogP contribution in [0.3, 0.4) is 0 Å². The van der Waals surface area contributed by atoms with E-state index in [9.17, 15) is 4.39 Å². The van der Waals surface area contributed by atoms with Crippen molar-refractivity contribution >= 4 is 16.6 Å². The van der Waals surface area contributed by atoms with Gasteiger partial charge in [0.1, 0.15) is 29.8 Å². The van der Waals surface area contributed by atoms with Crippen LogP contribution in [0, 0.1) is 12.7 Å². The maximum atomic E-state index is 14.8. The Morgan fingerprint density at radius 1 is 1.12 bits per heavy atom. The van der Waals surface area contributed by atoms with Crippen molar-refractivity contribution in [3.8, 4) is 17.4 Å². The second-order valence-corrected chi connectivity index (χ2v) is 7.67. The van der Waals surface area contributed by atoms with Crippen LogP contribution in [0.15, 0.2) is 61.3 Å². The molecule has 1 unspecified atom stereocenters. The first kappa shape index (κ1) is 20.9. The highest BCUT2D eigenvalue weighted by atomic mass is 19.1. The molecule has 5 aromatic rings. The fourth-order valence-corrected chi connectivity index (χ4v) is 3.53.